The number of hydrogen-bond acceptors (Lipinski definition) is 3. The Morgan fingerprint density at radius 2 is 1.76 bits per heavy atom. The Labute approximate surface area is 102 Å². The number of rotatable bonds is 1. The Morgan fingerprint density at radius 1 is 1.06 bits per heavy atom. The summed E-state index contributed by atoms with van der Waals surface area (Å²) < 4.78 is 0. The maximum Gasteiger partial charge on any atom is 0.151 e. The molecule has 3 rings (SSSR count). The summed E-state index contributed by atoms with van der Waals surface area (Å²) in [4.78, 5) is 10.5. The van der Waals surface area contributed by atoms with Gasteiger partial charge in [0.1, 0.15) is 6.10 Å². The van der Waals surface area contributed by atoms with E-state index in [-0.39, 0.29) is 17.6 Å². The molecule has 1 aromatic rings. The van der Waals surface area contributed by atoms with E-state index in [4.69, 9.17) is 14.8 Å². The fraction of sp³-hybridized carbons (Fsp3) is 0.571. The molecule has 1 aliphatic heterocycles. The van der Waals surface area contributed by atoms with Crippen molar-refractivity contribution < 1.29 is 14.8 Å². The first kappa shape index (κ1) is 11.2. The summed E-state index contributed by atoms with van der Waals surface area (Å²) in [5.74, 6) is 0.360. The zero-order chi connectivity index (χ0) is 12.0. The smallest absolute Gasteiger partial charge is 0.151 e. The average Bonchev–Trinajstić information content (AvgIpc) is 2.81. The average molecular weight is 234 g/mol. The Balaban J connectivity index is 1.98. The lowest BCUT2D eigenvalue weighted by Crippen LogP contribution is -2.21. The van der Waals surface area contributed by atoms with Crippen molar-refractivity contribution >= 4 is 0 Å². The molecule has 17 heavy (non-hydrogen) atoms. The summed E-state index contributed by atoms with van der Waals surface area (Å²) in [5.41, 5.74) is 2.82. The topological polar surface area (TPSA) is 27.7 Å². The van der Waals surface area contributed by atoms with Crippen molar-refractivity contribution in [2.75, 3.05) is 0 Å². The van der Waals surface area contributed by atoms with Crippen molar-refractivity contribution in [2.45, 2.75) is 45.3 Å². The molecule has 1 heterocycles. The van der Waals surface area contributed by atoms with Crippen LogP contribution in [-0.2, 0) is 14.8 Å². The summed E-state index contributed by atoms with van der Waals surface area (Å²) in [6.07, 6.45) is 1.02. The van der Waals surface area contributed by atoms with Gasteiger partial charge in [0, 0.05) is 5.92 Å². The minimum atomic E-state index is -0.0569. The molecule has 3 nitrogen and oxygen atoms in total. The molecule has 92 valence electrons. The van der Waals surface area contributed by atoms with Crippen molar-refractivity contribution in [1.82, 2.24) is 0 Å². The van der Waals surface area contributed by atoms with Crippen LogP contribution in [0.5, 0.6) is 0 Å². The van der Waals surface area contributed by atoms with Gasteiger partial charge in [-0.3, -0.25) is 0 Å². The molecule has 0 radical (unpaired) electrons. The van der Waals surface area contributed by atoms with Crippen molar-refractivity contribution in [3.8, 4) is 0 Å². The molecule has 0 N–H and O–H groups in total. The van der Waals surface area contributed by atoms with E-state index < -0.39 is 0 Å². The highest BCUT2D eigenvalue weighted by atomic mass is 17.5. The lowest BCUT2D eigenvalue weighted by Gasteiger charge is -2.25. The molecule has 3 heteroatoms. The fourth-order valence-electron chi connectivity index (χ4n) is 2.89. The van der Waals surface area contributed by atoms with Crippen molar-refractivity contribution in [1.29, 1.82) is 0 Å². The van der Waals surface area contributed by atoms with E-state index >= 15 is 0 Å². The molecule has 1 saturated heterocycles. The van der Waals surface area contributed by atoms with Crippen LogP contribution in [0.2, 0.25) is 0 Å². The number of fused-ring (bicyclic) bond motifs is 3. The second-order valence-electron chi connectivity index (χ2n) is 6.15. The van der Waals surface area contributed by atoms with Gasteiger partial charge in [-0.15, -0.1) is 0 Å². The van der Waals surface area contributed by atoms with E-state index in [0.717, 1.165) is 6.42 Å². The molecule has 2 aliphatic rings. The molecule has 1 fully saturated rings. The maximum absolute atomic E-state index is 5.30. The number of benzene rings is 1. The largest absolute Gasteiger partial charge is 0.199 e. The Bertz CT molecular complexity index is 422. The molecule has 0 spiro atoms. The van der Waals surface area contributed by atoms with Crippen LogP contribution in [0.3, 0.4) is 0 Å². The monoisotopic (exact) mass is 234 g/mol. The molecule has 0 aromatic heterocycles. The first-order valence-corrected chi connectivity index (χ1v) is 6.14. The predicted octanol–water partition coefficient (Wildman–Crippen LogP) is 3.52. The molecule has 0 saturated carbocycles. The van der Waals surface area contributed by atoms with E-state index in [1.165, 1.54) is 11.1 Å². The van der Waals surface area contributed by atoms with Crippen molar-refractivity contribution in [2.24, 2.45) is 5.41 Å². The third-order valence-corrected chi connectivity index (χ3v) is 3.52. The molecular formula is C14H18O3. The molecule has 1 aromatic carbocycles. The summed E-state index contributed by atoms with van der Waals surface area (Å²) in [5, 5.41) is 4.71. The van der Waals surface area contributed by atoms with E-state index in [1.807, 2.05) is 6.07 Å². The van der Waals surface area contributed by atoms with Gasteiger partial charge in [-0.25, -0.2) is 0 Å². The molecule has 0 bridgehead atoms. The third kappa shape index (κ3) is 1.88. The van der Waals surface area contributed by atoms with E-state index in [2.05, 4.69) is 39.0 Å². The standard InChI is InChI=1S/C14H18O3/c1-14(2,3)8-11-9-6-4-5-7-10(9)12-13(11)16-17-15-12/h4-7,11-13H,8H2,1-3H3/t11-,12-,13+/m1/s1. The van der Waals surface area contributed by atoms with Gasteiger partial charge in [0.25, 0.3) is 0 Å². The van der Waals surface area contributed by atoms with Gasteiger partial charge >= 0.3 is 0 Å². The SMILES string of the molecule is CC(C)(C)C[C@@H]1c2ccccc2[C@H]2OOO[C@@H]12. The maximum atomic E-state index is 5.30. The lowest BCUT2D eigenvalue weighted by molar-refractivity contribution is -0.468. The third-order valence-electron chi connectivity index (χ3n) is 3.52. The van der Waals surface area contributed by atoms with E-state index in [0.29, 0.717) is 5.92 Å². The van der Waals surface area contributed by atoms with Gasteiger partial charge in [-0.1, -0.05) is 50.1 Å². The highest BCUT2D eigenvalue weighted by Crippen LogP contribution is 2.51. The minimum absolute atomic E-state index is 0.00613. The summed E-state index contributed by atoms with van der Waals surface area (Å²) in [6.45, 7) is 6.75. The van der Waals surface area contributed by atoms with Crippen LogP contribution in [0.4, 0.5) is 0 Å². The Kier molecular flexibility index (Phi) is 2.51. The highest BCUT2D eigenvalue weighted by Gasteiger charge is 2.48. The van der Waals surface area contributed by atoms with Crippen LogP contribution < -0.4 is 0 Å². The van der Waals surface area contributed by atoms with E-state index in [9.17, 15) is 0 Å². The normalized spacial score (nSPS) is 31.4. The van der Waals surface area contributed by atoms with Crippen molar-refractivity contribution in [3.63, 3.8) is 0 Å². The minimum Gasteiger partial charge on any atom is -0.199 e. The number of hydrogen-bond donors (Lipinski definition) is 0. The quantitative estimate of drug-likeness (QED) is 0.696. The first-order chi connectivity index (χ1) is 8.06. The highest BCUT2D eigenvalue weighted by molar-refractivity contribution is 5.39. The van der Waals surface area contributed by atoms with Crippen LogP contribution >= 0.6 is 0 Å². The Morgan fingerprint density at radius 3 is 2.47 bits per heavy atom. The zero-order valence-corrected chi connectivity index (χ0v) is 10.5. The van der Waals surface area contributed by atoms with Crippen LogP contribution in [0.25, 0.3) is 0 Å². The van der Waals surface area contributed by atoms with Crippen molar-refractivity contribution in [3.05, 3.63) is 35.4 Å². The van der Waals surface area contributed by atoms with Gasteiger partial charge in [0.15, 0.2) is 6.10 Å². The molecule has 3 atom stereocenters. The second-order valence-corrected chi connectivity index (χ2v) is 6.15. The molecule has 0 unspecified atom stereocenters. The lowest BCUT2D eigenvalue weighted by atomic mass is 9.81. The van der Waals surface area contributed by atoms with Crippen LogP contribution in [0.1, 0.15) is 50.3 Å². The van der Waals surface area contributed by atoms with Crippen LogP contribution in [0, 0.1) is 5.41 Å². The fourth-order valence-corrected chi connectivity index (χ4v) is 2.89. The first-order valence-electron chi connectivity index (χ1n) is 6.14. The second kappa shape index (κ2) is 3.80. The van der Waals surface area contributed by atoms with Gasteiger partial charge in [-0.05, 0) is 23.0 Å². The molecule has 0 amide bonds. The molecule has 1 aliphatic carbocycles. The van der Waals surface area contributed by atoms with E-state index in [1.54, 1.807) is 0 Å². The van der Waals surface area contributed by atoms with Gasteiger partial charge in [0.05, 0.1) is 0 Å². The van der Waals surface area contributed by atoms with Gasteiger partial charge < -0.3 is 0 Å². The zero-order valence-electron chi connectivity index (χ0n) is 10.5. The van der Waals surface area contributed by atoms with Gasteiger partial charge in [-0.2, -0.15) is 9.78 Å². The Hall–Kier alpha value is -0.900. The summed E-state index contributed by atoms with van der Waals surface area (Å²) in [6, 6.07) is 8.40. The summed E-state index contributed by atoms with van der Waals surface area (Å²) >= 11 is 0. The van der Waals surface area contributed by atoms with Crippen LogP contribution in [0.15, 0.2) is 24.3 Å². The van der Waals surface area contributed by atoms with Gasteiger partial charge in [0.2, 0.25) is 0 Å². The van der Waals surface area contributed by atoms with Crippen LogP contribution in [-0.4, -0.2) is 6.10 Å². The summed E-state index contributed by atoms with van der Waals surface area (Å²) in [7, 11) is 0. The molecular weight excluding hydrogens is 216 g/mol. The predicted molar refractivity (Wildman–Crippen MR) is 63.0 cm³/mol.